The van der Waals surface area contributed by atoms with Crippen molar-refractivity contribution in [1.82, 2.24) is 10.3 Å². The average Bonchev–Trinajstić information content (AvgIpc) is 3.09. The Bertz CT molecular complexity index is 386. The van der Waals surface area contributed by atoms with E-state index in [9.17, 15) is 0 Å². The van der Waals surface area contributed by atoms with E-state index in [1.165, 1.54) is 18.4 Å². The fraction of sp³-hybridized carbons (Fsp3) is 0.667. The summed E-state index contributed by atoms with van der Waals surface area (Å²) in [5.41, 5.74) is 2.43. The van der Waals surface area contributed by atoms with E-state index in [1.54, 1.807) is 0 Å². The Kier molecular flexibility index (Phi) is 4.59. The van der Waals surface area contributed by atoms with Crippen molar-refractivity contribution in [2.24, 2.45) is 0 Å². The number of hydrogen-bond donors (Lipinski definition) is 1. The summed E-state index contributed by atoms with van der Waals surface area (Å²) in [6.45, 7) is 7.19. The van der Waals surface area contributed by atoms with Gasteiger partial charge in [-0.25, -0.2) is 4.98 Å². The summed E-state index contributed by atoms with van der Waals surface area (Å²) in [4.78, 5) is 4.56. The zero-order chi connectivity index (χ0) is 13.0. The van der Waals surface area contributed by atoms with Gasteiger partial charge in [0.05, 0.1) is 6.10 Å². The molecule has 1 N–H and O–H groups in total. The van der Waals surface area contributed by atoms with Gasteiger partial charge in [-0.1, -0.05) is 13.3 Å². The van der Waals surface area contributed by atoms with Gasteiger partial charge < -0.3 is 10.1 Å². The molecule has 1 heterocycles. The number of ether oxygens (including phenoxy) is 1. The van der Waals surface area contributed by atoms with Crippen molar-refractivity contribution in [3.63, 3.8) is 0 Å². The number of rotatable bonds is 7. The van der Waals surface area contributed by atoms with Gasteiger partial charge in [0.25, 0.3) is 0 Å². The third kappa shape index (κ3) is 4.30. The molecule has 0 amide bonds. The van der Waals surface area contributed by atoms with Gasteiger partial charge in [0, 0.05) is 24.3 Å². The van der Waals surface area contributed by atoms with E-state index >= 15 is 0 Å². The third-order valence-corrected chi connectivity index (χ3v) is 2.95. The van der Waals surface area contributed by atoms with Crippen molar-refractivity contribution in [3.05, 3.63) is 23.4 Å². The van der Waals surface area contributed by atoms with E-state index in [1.807, 2.05) is 13.8 Å². The highest BCUT2D eigenvalue weighted by Gasteiger charge is 2.20. The lowest BCUT2D eigenvalue weighted by atomic mass is 10.1. The number of nitrogens with one attached hydrogen (secondary N) is 1. The Labute approximate surface area is 110 Å². The maximum atomic E-state index is 5.73. The van der Waals surface area contributed by atoms with Crippen molar-refractivity contribution < 1.29 is 4.74 Å². The first kappa shape index (κ1) is 13.3. The monoisotopic (exact) mass is 248 g/mol. The fourth-order valence-electron chi connectivity index (χ4n) is 1.96. The van der Waals surface area contributed by atoms with E-state index in [2.05, 4.69) is 29.4 Å². The number of aryl methyl sites for hydroxylation is 1. The molecule has 1 aliphatic rings. The van der Waals surface area contributed by atoms with Gasteiger partial charge >= 0.3 is 0 Å². The molecule has 3 nitrogen and oxygen atoms in total. The van der Waals surface area contributed by atoms with E-state index in [4.69, 9.17) is 4.74 Å². The van der Waals surface area contributed by atoms with E-state index in [-0.39, 0.29) is 6.10 Å². The molecule has 1 aliphatic carbocycles. The third-order valence-electron chi connectivity index (χ3n) is 2.95. The van der Waals surface area contributed by atoms with E-state index < -0.39 is 0 Å². The quantitative estimate of drug-likeness (QED) is 0.805. The first-order chi connectivity index (χ1) is 8.67. The molecule has 100 valence electrons. The van der Waals surface area contributed by atoms with Gasteiger partial charge in [0.15, 0.2) is 0 Å². The SMILES string of the molecule is CCCc1cc(CNC2CC2)cc(OC(C)C)n1. The molecule has 2 rings (SSSR count). The van der Waals surface area contributed by atoms with Crippen LogP contribution < -0.4 is 10.1 Å². The molecule has 1 saturated carbocycles. The van der Waals surface area contributed by atoms with Crippen molar-refractivity contribution in [1.29, 1.82) is 0 Å². The van der Waals surface area contributed by atoms with Crippen LogP contribution in [-0.4, -0.2) is 17.1 Å². The van der Waals surface area contributed by atoms with Crippen LogP contribution in [0.15, 0.2) is 12.1 Å². The van der Waals surface area contributed by atoms with E-state index in [0.717, 1.165) is 37.0 Å². The van der Waals surface area contributed by atoms with Gasteiger partial charge in [-0.3, -0.25) is 0 Å². The molecule has 0 atom stereocenters. The molecule has 0 aliphatic heterocycles. The number of hydrogen-bond acceptors (Lipinski definition) is 3. The Hall–Kier alpha value is -1.09. The zero-order valence-electron chi connectivity index (χ0n) is 11.7. The average molecular weight is 248 g/mol. The van der Waals surface area contributed by atoms with Gasteiger partial charge in [-0.2, -0.15) is 0 Å². The predicted molar refractivity (Wildman–Crippen MR) is 73.9 cm³/mol. The second-order valence-corrected chi connectivity index (χ2v) is 5.38. The normalized spacial score (nSPS) is 15.1. The molecule has 1 aromatic rings. The highest BCUT2D eigenvalue weighted by atomic mass is 16.5. The van der Waals surface area contributed by atoms with Crippen molar-refractivity contribution in [2.75, 3.05) is 0 Å². The fourth-order valence-corrected chi connectivity index (χ4v) is 1.96. The maximum absolute atomic E-state index is 5.73. The Morgan fingerprint density at radius 3 is 2.78 bits per heavy atom. The largest absolute Gasteiger partial charge is 0.475 e. The van der Waals surface area contributed by atoms with Gasteiger partial charge in [0.2, 0.25) is 5.88 Å². The van der Waals surface area contributed by atoms with Crippen LogP contribution in [0.4, 0.5) is 0 Å². The standard InChI is InChI=1S/C15H24N2O/c1-4-5-14-8-12(10-16-13-6-7-13)9-15(17-14)18-11(2)3/h8-9,11,13,16H,4-7,10H2,1-3H3. The summed E-state index contributed by atoms with van der Waals surface area (Å²) in [7, 11) is 0. The molecule has 1 aromatic heterocycles. The molecule has 1 fully saturated rings. The maximum Gasteiger partial charge on any atom is 0.214 e. The topological polar surface area (TPSA) is 34.1 Å². The van der Waals surface area contributed by atoms with Gasteiger partial charge in [-0.05, 0) is 44.7 Å². The van der Waals surface area contributed by atoms with Crippen LogP contribution in [0.1, 0.15) is 51.3 Å². The van der Waals surface area contributed by atoms with Crippen LogP contribution in [0.5, 0.6) is 5.88 Å². The summed E-state index contributed by atoms with van der Waals surface area (Å²) < 4.78 is 5.73. The van der Waals surface area contributed by atoms with Crippen LogP contribution in [0.3, 0.4) is 0 Å². The second kappa shape index (κ2) is 6.19. The number of nitrogens with zero attached hydrogens (tertiary/aromatic N) is 1. The van der Waals surface area contributed by atoms with Crippen LogP contribution in [0.25, 0.3) is 0 Å². The summed E-state index contributed by atoms with van der Waals surface area (Å²) >= 11 is 0. The second-order valence-electron chi connectivity index (χ2n) is 5.38. The Morgan fingerprint density at radius 1 is 1.39 bits per heavy atom. The minimum Gasteiger partial charge on any atom is -0.475 e. The minimum atomic E-state index is 0.179. The minimum absolute atomic E-state index is 0.179. The Morgan fingerprint density at radius 2 is 2.17 bits per heavy atom. The molecule has 0 radical (unpaired) electrons. The summed E-state index contributed by atoms with van der Waals surface area (Å²) in [6.07, 6.45) is 4.96. The van der Waals surface area contributed by atoms with E-state index in [0.29, 0.717) is 0 Å². The molecule has 0 bridgehead atoms. The molecule has 3 heteroatoms. The number of aromatic nitrogens is 1. The first-order valence-corrected chi connectivity index (χ1v) is 7.07. The molecule has 0 unspecified atom stereocenters. The number of pyridine rings is 1. The molecular weight excluding hydrogens is 224 g/mol. The smallest absolute Gasteiger partial charge is 0.214 e. The lowest BCUT2D eigenvalue weighted by molar-refractivity contribution is 0.231. The highest BCUT2D eigenvalue weighted by Crippen LogP contribution is 2.21. The molecule has 0 spiro atoms. The molecule has 18 heavy (non-hydrogen) atoms. The molecular formula is C15H24N2O. The van der Waals surface area contributed by atoms with Crippen molar-refractivity contribution in [2.45, 2.75) is 65.1 Å². The summed E-state index contributed by atoms with van der Waals surface area (Å²) in [5, 5.41) is 3.54. The first-order valence-electron chi connectivity index (χ1n) is 7.07. The summed E-state index contributed by atoms with van der Waals surface area (Å²) in [5.74, 6) is 0.767. The molecule has 0 aromatic carbocycles. The van der Waals surface area contributed by atoms with Crippen molar-refractivity contribution in [3.8, 4) is 5.88 Å². The van der Waals surface area contributed by atoms with Crippen molar-refractivity contribution >= 4 is 0 Å². The summed E-state index contributed by atoms with van der Waals surface area (Å²) in [6, 6.07) is 5.00. The zero-order valence-corrected chi connectivity index (χ0v) is 11.7. The lowest BCUT2D eigenvalue weighted by Crippen LogP contribution is -2.16. The predicted octanol–water partition coefficient (Wildman–Crippen LogP) is 3.07. The Balaban J connectivity index is 2.06. The van der Waals surface area contributed by atoms with Gasteiger partial charge in [0.1, 0.15) is 0 Å². The van der Waals surface area contributed by atoms with Crippen LogP contribution in [0, 0.1) is 0 Å². The van der Waals surface area contributed by atoms with Crippen LogP contribution >= 0.6 is 0 Å². The highest BCUT2D eigenvalue weighted by molar-refractivity contribution is 5.25. The lowest BCUT2D eigenvalue weighted by Gasteiger charge is -2.12. The van der Waals surface area contributed by atoms with Crippen LogP contribution in [0.2, 0.25) is 0 Å². The van der Waals surface area contributed by atoms with Crippen LogP contribution in [-0.2, 0) is 13.0 Å². The molecule has 0 saturated heterocycles. The van der Waals surface area contributed by atoms with Gasteiger partial charge in [-0.15, -0.1) is 0 Å².